The molecule has 0 saturated heterocycles. The molecule has 1 unspecified atom stereocenters. The summed E-state index contributed by atoms with van der Waals surface area (Å²) >= 11 is 5.74. The van der Waals surface area contributed by atoms with Gasteiger partial charge in [-0.15, -0.1) is 0 Å². The van der Waals surface area contributed by atoms with Crippen molar-refractivity contribution in [2.45, 2.75) is 12.5 Å². The first-order chi connectivity index (χ1) is 12.0. The van der Waals surface area contributed by atoms with E-state index in [0.29, 0.717) is 5.56 Å². The van der Waals surface area contributed by atoms with Gasteiger partial charge in [0.25, 0.3) is 0 Å². The molecule has 2 aromatic heterocycles. The molecule has 1 aliphatic heterocycles. The van der Waals surface area contributed by atoms with Gasteiger partial charge in [-0.2, -0.15) is 4.98 Å². The van der Waals surface area contributed by atoms with E-state index >= 15 is 0 Å². The number of ether oxygens (including phenoxy) is 1. The molecule has 0 fully saturated rings. The van der Waals surface area contributed by atoms with Gasteiger partial charge in [-0.25, -0.2) is 14.0 Å². The van der Waals surface area contributed by atoms with Crippen molar-refractivity contribution >= 4 is 17.6 Å². The third-order valence-electron chi connectivity index (χ3n) is 3.91. The molecular formula is C17H10ClFN2O4. The molecule has 1 aliphatic rings. The smallest absolute Gasteiger partial charge is 0.345 e. The third-order valence-corrected chi connectivity index (χ3v) is 4.15. The maximum atomic E-state index is 14.0. The molecule has 6 nitrogen and oxygen atoms in total. The minimum absolute atomic E-state index is 0.0549. The maximum Gasteiger partial charge on any atom is 0.345 e. The largest absolute Gasteiger partial charge is 0.463 e. The second-order valence-electron chi connectivity index (χ2n) is 5.49. The summed E-state index contributed by atoms with van der Waals surface area (Å²) in [7, 11) is 0. The van der Waals surface area contributed by atoms with Crippen LogP contribution in [0.5, 0.6) is 0 Å². The van der Waals surface area contributed by atoms with Gasteiger partial charge in [0.1, 0.15) is 23.2 Å². The van der Waals surface area contributed by atoms with Crippen LogP contribution in [0.25, 0.3) is 11.5 Å². The lowest BCUT2D eigenvalue weighted by molar-refractivity contribution is 0.0380. The van der Waals surface area contributed by atoms with Gasteiger partial charge in [-0.3, -0.25) is 0 Å². The first-order valence-corrected chi connectivity index (χ1v) is 7.73. The van der Waals surface area contributed by atoms with Crippen LogP contribution in [-0.2, 0) is 11.2 Å². The van der Waals surface area contributed by atoms with E-state index in [1.165, 1.54) is 18.4 Å². The van der Waals surface area contributed by atoms with Crippen LogP contribution in [0.4, 0.5) is 4.39 Å². The van der Waals surface area contributed by atoms with Crippen molar-refractivity contribution in [3.05, 3.63) is 74.7 Å². The summed E-state index contributed by atoms with van der Waals surface area (Å²) in [6.45, 7) is 0. The number of benzene rings is 1. The van der Waals surface area contributed by atoms with Crippen molar-refractivity contribution in [1.29, 1.82) is 0 Å². The maximum absolute atomic E-state index is 14.0. The summed E-state index contributed by atoms with van der Waals surface area (Å²) in [5.74, 6) is -0.887. The molecule has 3 heterocycles. The van der Waals surface area contributed by atoms with E-state index in [1.807, 2.05) is 0 Å². The van der Waals surface area contributed by atoms with Crippen LogP contribution in [0.2, 0.25) is 5.02 Å². The van der Waals surface area contributed by atoms with Crippen LogP contribution < -0.4 is 5.69 Å². The fourth-order valence-electron chi connectivity index (χ4n) is 2.81. The van der Waals surface area contributed by atoms with E-state index in [1.54, 1.807) is 18.2 Å². The number of furan rings is 1. The normalized spacial score (nSPS) is 15.9. The Morgan fingerprint density at radius 2 is 2.12 bits per heavy atom. The number of carbonyl (C=O) groups excluding carboxylic acids is 1. The highest BCUT2D eigenvalue weighted by Gasteiger charge is 2.37. The first kappa shape index (κ1) is 15.6. The number of aromatic nitrogens is 2. The van der Waals surface area contributed by atoms with Crippen molar-refractivity contribution in [2.24, 2.45) is 0 Å². The lowest BCUT2D eigenvalue weighted by Gasteiger charge is -2.11. The predicted molar refractivity (Wildman–Crippen MR) is 85.8 cm³/mol. The van der Waals surface area contributed by atoms with E-state index in [-0.39, 0.29) is 34.2 Å². The van der Waals surface area contributed by atoms with Crippen molar-refractivity contribution in [3.63, 3.8) is 0 Å². The molecule has 0 spiro atoms. The molecule has 0 radical (unpaired) electrons. The number of nitrogens with one attached hydrogen (secondary N) is 1. The number of halogens is 2. The zero-order valence-corrected chi connectivity index (χ0v) is 13.3. The lowest BCUT2D eigenvalue weighted by atomic mass is 10.0. The average Bonchev–Trinajstić information content (AvgIpc) is 3.19. The Labute approximate surface area is 145 Å². The number of hydrogen-bond donors (Lipinski definition) is 1. The molecule has 1 aromatic carbocycles. The summed E-state index contributed by atoms with van der Waals surface area (Å²) in [6, 6.07) is 7.43. The van der Waals surface area contributed by atoms with Crippen LogP contribution >= 0.6 is 11.6 Å². The summed E-state index contributed by atoms with van der Waals surface area (Å²) in [5, 5.41) is 0.266. The molecular weight excluding hydrogens is 351 g/mol. The van der Waals surface area contributed by atoms with Gasteiger partial charge >= 0.3 is 11.7 Å². The van der Waals surface area contributed by atoms with Gasteiger partial charge < -0.3 is 14.1 Å². The lowest BCUT2D eigenvalue weighted by Crippen LogP contribution is -2.17. The summed E-state index contributed by atoms with van der Waals surface area (Å²) in [5.41, 5.74) is 0.143. The van der Waals surface area contributed by atoms with Gasteiger partial charge in [-0.05, 0) is 29.8 Å². The van der Waals surface area contributed by atoms with Crippen LogP contribution in [0, 0.1) is 5.82 Å². The van der Waals surface area contributed by atoms with E-state index in [9.17, 15) is 14.0 Å². The van der Waals surface area contributed by atoms with E-state index < -0.39 is 23.6 Å². The first-order valence-electron chi connectivity index (χ1n) is 7.36. The second-order valence-corrected chi connectivity index (χ2v) is 5.93. The summed E-state index contributed by atoms with van der Waals surface area (Å²) < 4.78 is 24.6. The second kappa shape index (κ2) is 5.86. The van der Waals surface area contributed by atoms with Crippen molar-refractivity contribution in [2.75, 3.05) is 0 Å². The number of hydrogen-bond acceptors (Lipinski definition) is 5. The van der Waals surface area contributed by atoms with Gasteiger partial charge in [0.15, 0.2) is 5.76 Å². The molecule has 3 aromatic rings. The molecule has 1 atom stereocenters. The SMILES string of the molecule is O=C1OC(Cc2ccc(Cl)cc2F)c2[nH]c(=O)nc(-c3ccco3)c21. The number of aromatic amines is 1. The Kier molecular flexibility index (Phi) is 3.65. The Bertz CT molecular complexity index is 1030. The minimum Gasteiger partial charge on any atom is -0.463 e. The van der Waals surface area contributed by atoms with E-state index in [0.717, 1.165) is 0 Å². The number of esters is 1. The summed E-state index contributed by atoms with van der Waals surface area (Å²) in [6.07, 6.45) is 0.632. The Hall–Kier alpha value is -2.93. The number of nitrogens with zero attached hydrogens (tertiary/aromatic N) is 1. The molecule has 126 valence electrons. The zero-order valence-electron chi connectivity index (χ0n) is 12.6. The van der Waals surface area contributed by atoms with E-state index in [2.05, 4.69) is 9.97 Å². The molecule has 4 rings (SSSR count). The number of rotatable bonds is 3. The van der Waals surface area contributed by atoms with Crippen LogP contribution in [0.3, 0.4) is 0 Å². The Morgan fingerprint density at radius 1 is 1.28 bits per heavy atom. The van der Waals surface area contributed by atoms with E-state index in [4.69, 9.17) is 20.8 Å². The Balaban J connectivity index is 1.79. The molecule has 8 heteroatoms. The molecule has 0 bridgehead atoms. The van der Waals surface area contributed by atoms with Gasteiger partial charge in [0.05, 0.1) is 12.0 Å². The third kappa shape index (κ3) is 2.72. The fourth-order valence-corrected chi connectivity index (χ4v) is 2.97. The number of cyclic esters (lactones) is 1. The standard InChI is InChI=1S/C17H10ClFN2O4/c18-9-4-3-8(10(19)7-9)6-12-15-13(16(22)25-12)14(20-17(23)21-15)11-2-1-5-24-11/h1-5,7,12H,6H2,(H,20,21,23). The number of carbonyl (C=O) groups is 1. The van der Waals surface area contributed by atoms with Gasteiger partial charge in [0.2, 0.25) is 0 Å². The molecule has 0 aliphatic carbocycles. The predicted octanol–water partition coefficient (Wildman–Crippen LogP) is 3.28. The van der Waals surface area contributed by atoms with Gasteiger partial charge in [-0.1, -0.05) is 17.7 Å². The highest BCUT2D eigenvalue weighted by atomic mass is 35.5. The highest BCUT2D eigenvalue weighted by molar-refractivity contribution is 6.30. The minimum atomic E-state index is -0.831. The van der Waals surface area contributed by atoms with Crippen molar-refractivity contribution in [1.82, 2.24) is 9.97 Å². The topological polar surface area (TPSA) is 85.2 Å². The molecule has 25 heavy (non-hydrogen) atoms. The molecule has 1 N–H and O–H groups in total. The highest BCUT2D eigenvalue weighted by Crippen LogP contribution is 2.36. The fraction of sp³-hybridized carbons (Fsp3) is 0.118. The number of H-pyrrole nitrogens is 1. The quantitative estimate of drug-likeness (QED) is 0.724. The van der Waals surface area contributed by atoms with Crippen molar-refractivity contribution in [3.8, 4) is 11.5 Å². The number of fused-ring (bicyclic) bond motifs is 1. The summed E-state index contributed by atoms with van der Waals surface area (Å²) in [4.78, 5) is 30.5. The Morgan fingerprint density at radius 3 is 2.84 bits per heavy atom. The van der Waals surface area contributed by atoms with Gasteiger partial charge in [0, 0.05) is 11.4 Å². The van der Waals surface area contributed by atoms with Crippen LogP contribution in [0.1, 0.15) is 27.7 Å². The monoisotopic (exact) mass is 360 g/mol. The average molecular weight is 361 g/mol. The van der Waals surface area contributed by atoms with Crippen LogP contribution in [0.15, 0.2) is 45.8 Å². The molecule has 0 amide bonds. The zero-order chi connectivity index (χ0) is 17.6. The molecule has 0 saturated carbocycles. The van der Waals surface area contributed by atoms with Crippen LogP contribution in [-0.4, -0.2) is 15.9 Å². The van der Waals surface area contributed by atoms with Crippen molar-refractivity contribution < 1.29 is 18.3 Å².